The number of esters is 3. The first kappa shape index (κ1) is 108. The van der Waals surface area contributed by atoms with Crippen molar-refractivity contribution in [3.63, 3.8) is 0 Å². The van der Waals surface area contributed by atoms with Crippen molar-refractivity contribution in [2.24, 2.45) is 68.0 Å². The van der Waals surface area contributed by atoms with Gasteiger partial charge in [-0.25, -0.2) is 4.79 Å². The van der Waals surface area contributed by atoms with E-state index in [1.54, 1.807) is 27.7 Å². The van der Waals surface area contributed by atoms with Crippen LogP contribution in [0.15, 0.2) is 11.6 Å². The minimum absolute atomic E-state index is 0.0327. The Labute approximate surface area is 788 Å². The lowest BCUT2D eigenvalue weighted by atomic mass is 9.33. The Morgan fingerprint density at radius 2 is 1.16 bits per heavy atom. The second-order valence-corrected chi connectivity index (χ2v) is 43.0. The lowest BCUT2D eigenvalue weighted by Gasteiger charge is -2.71. The van der Waals surface area contributed by atoms with E-state index in [1.165, 1.54) is 13.8 Å². The van der Waals surface area contributed by atoms with Gasteiger partial charge < -0.3 is 192 Å². The van der Waals surface area contributed by atoms with Crippen LogP contribution < -0.4 is 0 Å². The summed E-state index contributed by atoms with van der Waals surface area (Å²) in [5.41, 5.74) is -5.31. The van der Waals surface area contributed by atoms with Crippen LogP contribution in [0.4, 0.5) is 0 Å². The number of carbonyl (C=O) groups excluding carboxylic acids is 4. The lowest BCUT2D eigenvalue weighted by molar-refractivity contribution is -0.387. The van der Waals surface area contributed by atoms with Crippen LogP contribution in [0.1, 0.15) is 199 Å². The third-order valence-electron chi connectivity index (χ3n) is 33.8. The van der Waals surface area contributed by atoms with Crippen molar-refractivity contribution in [1.82, 2.24) is 0 Å². The van der Waals surface area contributed by atoms with Gasteiger partial charge in [-0.15, -0.1) is 0 Å². The Balaban J connectivity index is 0.705. The molecule has 9 heterocycles. The number of hydrogen-bond donors (Lipinski definition) is 20. The number of carbonyl (C=O) groups is 5. The Morgan fingerprint density at radius 1 is 0.529 bits per heavy atom. The van der Waals surface area contributed by atoms with Crippen LogP contribution in [0.2, 0.25) is 0 Å². The molecular formula is C93H148O43. The number of aliphatic hydroxyl groups excluding tert-OH is 19. The molecule has 5 aliphatic carbocycles. The average molecular weight is 1950 g/mol. The van der Waals surface area contributed by atoms with Gasteiger partial charge in [0.25, 0.3) is 0 Å². The van der Waals surface area contributed by atoms with E-state index in [1.807, 2.05) is 20.8 Å². The van der Waals surface area contributed by atoms with Gasteiger partial charge in [0.05, 0.1) is 106 Å². The summed E-state index contributed by atoms with van der Waals surface area (Å²) in [6, 6.07) is 0. The van der Waals surface area contributed by atoms with Crippen LogP contribution in [-0.2, 0) is 109 Å². The third-order valence-corrected chi connectivity index (χ3v) is 33.8. The van der Waals surface area contributed by atoms with E-state index in [9.17, 15) is 121 Å². The first-order chi connectivity index (χ1) is 64.0. The van der Waals surface area contributed by atoms with Crippen molar-refractivity contribution in [1.29, 1.82) is 0 Å². The van der Waals surface area contributed by atoms with E-state index in [0.29, 0.717) is 64.2 Å². The zero-order valence-electron chi connectivity index (χ0n) is 79.1. The van der Waals surface area contributed by atoms with Gasteiger partial charge in [-0.3, -0.25) is 14.4 Å². The van der Waals surface area contributed by atoms with Crippen LogP contribution in [0.25, 0.3) is 0 Å². The molecule has 20 N–H and O–H groups in total. The molecule has 9 aliphatic heterocycles. The van der Waals surface area contributed by atoms with Gasteiger partial charge in [-0.05, 0) is 149 Å². The van der Waals surface area contributed by atoms with E-state index in [4.69, 9.17) is 85.3 Å². The number of allylic oxidation sites excluding steroid dienone is 2. The fourth-order valence-corrected chi connectivity index (χ4v) is 25.1. The molecule has 51 atom stereocenters. The summed E-state index contributed by atoms with van der Waals surface area (Å²) >= 11 is 0. The number of carboxylic acid groups (broad SMARTS) is 1. The van der Waals surface area contributed by atoms with Crippen molar-refractivity contribution in [2.75, 3.05) is 26.4 Å². The van der Waals surface area contributed by atoms with Crippen molar-refractivity contribution in [3.05, 3.63) is 11.6 Å². The molecule has 0 aromatic rings. The summed E-state index contributed by atoms with van der Waals surface area (Å²) in [6.45, 7) is 19.6. The standard InChI is InChI=1S/C93H148O43/c1-13-37(2)50(124-58(103)27-44(98)26-51-38(3)14-15-42-24-61(121-39(4)62(42)105)131-77-66(109)53(33-95)127-84(77)125-51)25-43(97)28-59(104)129-74-63(106)40(5)122-85(78(74)134-82-71(114)68(111)73(41(6)123-82)132-81-69(112)64(107)49(101)35-120-81)136-87(118)93-23-22-88(7,8)30-46(93)45-16-17-55-89(9)20-19-57(90(10,36-96)54(89)18-21-91(55,11)92(45,12)31-56(93)102)128-86-79(135-83-70(113)67(110)65(108)52(32-94)126-83)75(72(115)76(133-86)80(116)117)130-60-29-47(99)48(100)34-119-60/h16,36-44,46-57,60-79,81-86,94-95,97-102,105-115H,13-15,17-35H2,1-12H3,(H,116,117)/t37-,38-,39-,40+,41-,42-,43-,44-,46-,47+,48+,49+,50-,51-,52+,53-,54+,55+,56+,57-,60-,61-,62-,63-,64-,65-,66-,67-,68-,69+,70+,71+,72-,73-,74-,75-,76-,77+,78+,79+,81-,82-,83-,84+,85-,86+,89-,90-,91+,92+,93+/m0/s1. The highest BCUT2D eigenvalue weighted by Gasteiger charge is 2.74. The van der Waals surface area contributed by atoms with E-state index >= 15 is 4.79 Å². The second-order valence-electron chi connectivity index (χ2n) is 43.0. The predicted molar refractivity (Wildman–Crippen MR) is 456 cm³/mol. The summed E-state index contributed by atoms with van der Waals surface area (Å²) in [6.07, 6.45) is -59.0. The number of aldehydes is 1. The zero-order valence-corrected chi connectivity index (χ0v) is 79.1. The summed E-state index contributed by atoms with van der Waals surface area (Å²) in [7, 11) is 0. The third kappa shape index (κ3) is 21.0. The molecule has 778 valence electrons. The normalized spacial score (nSPS) is 50.1. The second kappa shape index (κ2) is 42.9. The average Bonchev–Trinajstić information content (AvgIpc) is 0.690. The molecule has 0 aromatic carbocycles. The van der Waals surface area contributed by atoms with E-state index in [-0.39, 0.29) is 49.9 Å². The van der Waals surface area contributed by atoms with Gasteiger partial charge in [0.2, 0.25) is 6.29 Å². The summed E-state index contributed by atoms with van der Waals surface area (Å²) in [4.78, 5) is 72.8. The number of hydrogen-bond acceptors (Lipinski definition) is 42. The van der Waals surface area contributed by atoms with Gasteiger partial charge in [-0.1, -0.05) is 80.4 Å². The molecule has 0 amide bonds. The quantitative estimate of drug-likeness (QED) is 0.0126. The zero-order chi connectivity index (χ0) is 99.1. The molecule has 0 radical (unpaired) electrons. The highest BCUT2D eigenvalue weighted by molar-refractivity contribution is 5.80. The maximum absolute atomic E-state index is 16.4. The SMILES string of the molecule is CC[C@H](C)[C@H](C[C@H](O)CC(=O)O[C@H]1[C@@H](O)[C@@H](C)O[C@@H](OC(=O)[C@]23CCC(C)(C)C[C@H]2C2=CC[C@@H]4[C@@]5(C)CC[C@H](O[C@@H]6O[C@H](C(=O)O)[C@@H](O)[C@H](O[C@H]7C[C@@H](O)[C@H](O)CO7)[C@H]6O[C@@H]6O[C@H](CO)[C@H](O)[C@H](O)[C@H]6O)[C@@](C)(C=O)[C@@H]5CC[C@@]4(C)[C@]2(C)C[C@H]3O)[C@@H]1O[C@@H]1O[C@@H](C)[C@H](O[C@@H]2OC[C@@H](O)[C@H](O)[C@H]2O)[C@@H](O)[C@H]1O)OC(=O)C[C@@H](O)C[C@@H]1O[C@@H]2O[C@@H](CO)[C@H](O)[C@H]2O[C@H]2C[C@H](CC[C@@H]1C)[C@@H](O)[C@H](C)O2. The Bertz CT molecular complexity index is 4060. The minimum Gasteiger partial charge on any atom is -0.479 e. The molecule has 9 saturated heterocycles. The number of aliphatic carboxylic acids is 1. The van der Waals surface area contributed by atoms with Gasteiger partial charge in [0.15, 0.2) is 62.3 Å². The van der Waals surface area contributed by atoms with Crippen LogP contribution in [0, 0.1) is 68.0 Å². The number of aliphatic hydroxyl groups is 19. The molecular weight excluding hydrogens is 1800 g/mol. The molecule has 13 fully saturated rings. The first-order valence-electron chi connectivity index (χ1n) is 48.5. The van der Waals surface area contributed by atoms with Gasteiger partial charge in [0, 0.05) is 25.7 Å². The monoisotopic (exact) mass is 1950 g/mol. The first-order valence-corrected chi connectivity index (χ1v) is 48.5. The number of carboxylic acids is 1. The number of rotatable bonds is 28. The van der Waals surface area contributed by atoms with E-state index in [2.05, 4.69) is 26.8 Å². The Kier molecular flexibility index (Phi) is 34.0. The van der Waals surface area contributed by atoms with Gasteiger partial charge in [0.1, 0.15) is 128 Å². The van der Waals surface area contributed by atoms with Crippen molar-refractivity contribution in [2.45, 2.75) is 444 Å². The maximum Gasteiger partial charge on any atom is 0.335 e. The largest absolute Gasteiger partial charge is 0.479 e. The number of ether oxygens (including phenoxy) is 18. The molecule has 14 aliphatic rings. The van der Waals surface area contributed by atoms with Crippen LogP contribution in [-0.4, -0.2) is 404 Å². The van der Waals surface area contributed by atoms with E-state index < -0.39 is 365 Å². The highest BCUT2D eigenvalue weighted by atomic mass is 16.8. The van der Waals surface area contributed by atoms with Crippen LogP contribution in [0.3, 0.4) is 0 Å². The Morgan fingerprint density at radius 3 is 1.84 bits per heavy atom. The predicted octanol–water partition coefficient (Wildman–Crippen LogP) is -2.60. The minimum atomic E-state index is -2.15. The molecule has 14 rings (SSSR count). The highest BCUT2D eigenvalue weighted by Crippen LogP contribution is 2.76. The molecule has 4 saturated carbocycles. The van der Waals surface area contributed by atoms with Gasteiger partial charge >= 0.3 is 23.9 Å². The molecule has 0 aromatic heterocycles. The lowest BCUT2D eigenvalue weighted by Crippen LogP contribution is -2.69. The van der Waals surface area contributed by atoms with Crippen molar-refractivity contribution < 1.29 is 211 Å². The molecule has 43 heteroatoms. The fraction of sp³-hybridized carbons (Fsp3) is 0.925. The summed E-state index contributed by atoms with van der Waals surface area (Å²) in [5.74, 6) is -7.44. The van der Waals surface area contributed by atoms with Crippen LogP contribution >= 0.6 is 0 Å². The van der Waals surface area contributed by atoms with Crippen molar-refractivity contribution in [3.8, 4) is 0 Å². The Hall–Kier alpha value is -4.07. The summed E-state index contributed by atoms with van der Waals surface area (Å²) < 4.78 is 111. The summed E-state index contributed by atoms with van der Waals surface area (Å²) in [5, 5.41) is 225. The maximum atomic E-state index is 16.4. The fourth-order valence-electron chi connectivity index (χ4n) is 25.1. The molecule has 2 bridgehead atoms. The number of fused-ring (bicyclic) bond motifs is 10. The van der Waals surface area contributed by atoms with Gasteiger partial charge in [-0.2, -0.15) is 0 Å². The van der Waals surface area contributed by atoms with Crippen molar-refractivity contribution >= 4 is 30.2 Å². The molecule has 0 spiro atoms. The molecule has 0 unspecified atom stereocenters. The van der Waals surface area contributed by atoms with Crippen LogP contribution in [0.5, 0.6) is 0 Å². The van der Waals surface area contributed by atoms with E-state index in [0.717, 1.165) is 11.9 Å². The smallest absolute Gasteiger partial charge is 0.335 e. The molecule has 136 heavy (non-hydrogen) atoms. The topological polar surface area (TPSA) is 656 Å². The molecule has 43 nitrogen and oxygen atoms in total.